The summed E-state index contributed by atoms with van der Waals surface area (Å²) in [4.78, 5) is 70.8. The van der Waals surface area contributed by atoms with Crippen molar-refractivity contribution in [1.82, 2.24) is 19.6 Å². The van der Waals surface area contributed by atoms with E-state index >= 15 is 0 Å². The second-order valence-electron chi connectivity index (χ2n) is 10.2. The summed E-state index contributed by atoms with van der Waals surface area (Å²) in [6.07, 6.45) is 1.92. The van der Waals surface area contributed by atoms with Crippen molar-refractivity contribution >= 4 is 63.8 Å². The number of aromatic nitrogens is 2. The topological polar surface area (TPSA) is 243 Å². The van der Waals surface area contributed by atoms with Crippen molar-refractivity contribution in [2.24, 2.45) is 16.3 Å². The number of oxime groups is 1. The van der Waals surface area contributed by atoms with E-state index in [0.29, 0.717) is 61.3 Å². The van der Waals surface area contributed by atoms with Crippen molar-refractivity contribution in [2.45, 2.75) is 30.7 Å². The van der Waals surface area contributed by atoms with E-state index in [1.807, 2.05) is 0 Å². The minimum Gasteiger partial charge on any atom is -0.543 e. The van der Waals surface area contributed by atoms with Gasteiger partial charge in [-0.2, -0.15) is 9.36 Å². The number of nitrogen functional groups attached to an aromatic ring is 1. The van der Waals surface area contributed by atoms with Gasteiger partial charge in [-0.25, -0.2) is 4.79 Å². The van der Waals surface area contributed by atoms with Crippen LogP contribution in [0.15, 0.2) is 16.4 Å². The van der Waals surface area contributed by atoms with E-state index in [1.165, 1.54) is 11.8 Å². The molecule has 0 aromatic carbocycles. The number of anilines is 1. The maximum atomic E-state index is 13.1. The fourth-order valence-corrected chi connectivity index (χ4v) is 7.52. The predicted molar refractivity (Wildman–Crippen MR) is 137 cm³/mol. The number of carbonyl (C=O) groups excluding carboxylic acids is 4. The molecule has 1 aromatic heterocycles. The molecule has 0 saturated carbocycles. The van der Waals surface area contributed by atoms with Crippen LogP contribution >= 0.6 is 23.3 Å². The number of nitrogens with one attached hydrogen (secondary N) is 1. The standard InChI is InChI=1S/C22H26N8O8S2/c23-20(37)22-1-4-30(5-2-22,6-3-22)7-10-9-39-18-13(17(34)29(18)14(10)19(35)36)25-16(33)12(27-38-8-11(31)32)15-26-21(24)40-28-15/h13,18H,1-9H2,(H6-,23,24,25,26,28,31,32,33,35,36,37)/b27-12-/t13-,18+,22?,30?/m1/s1. The molecule has 214 valence electrons. The first-order valence-corrected chi connectivity index (χ1v) is 14.1. The highest BCUT2D eigenvalue weighted by atomic mass is 32.2. The number of carbonyl (C=O) groups is 5. The highest BCUT2D eigenvalue weighted by molar-refractivity contribution is 8.00. The number of carboxylic acid groups (broad SMARTS) is 2. The lowest BCUT2D eigenvalue weighted by atomic mass is 9.70. The molecule has 3 amide bonds. The zero-order valence-corrected chi connectivity index (χ0v) is 22.7. The normalized spacial score (nSPS) is 29.4. The van der Waals surface area contributed by atoms with Crippen molar-refractivity contribution in [2.75, 3.05) is 44.3 Å². The van der Waals surface area contributed by atoms with Crippen LogP contribution < -0.4 is 21.9 Å². The van der Waals surface area contributed by atoms with Crippen LogP contribution in [0.1, 0.15) is 25.1 Å². The average Bonchev–Trinajstić information content (AvgIpc) is 3.35. The number of carboxylic acids is 2. The minimum atomic E-state index is -1.48. The number of β-lactam (4-membered cyclic amide) rings is 1. The third-order valence-corrected chi connectivity index (χ3v) is 9.86. The molecule has 18 heteroatoms. The van der Waals surface area contributed by atoms with E-state index in [9.17, 15) is 29.1 Å². The predicted octanol–water partition coefficient (Wildman–Crippen LogP) is -3.18. The number of amides is 3. The highest BCUT2D eigenvalue weighted by Gasteiger charge is 2.56. The number of aliphatic carboxylic acids is 2. The Morgan fingerprint density at radius 1 is 1.25 bits per heavy atom. The second-order valence-corrected chi connectivity index (χ2v) is 12.1. The second kappa shape index (κ2) is 10.3. The van der Waals surface area contributed by atoms with Crippen LogP contribution in [0.25, 0.3) is 0 Å². The summed E-state index contributed by atoms with van der Waals surface area (Å²) < 4.78 is 4.50. The summed E-state index contributed by atoms with van der Waals surface area (Å²) in [7, 11) is 0. The number of nitrogens with zero attached hydrogens (tertiary/aromatic N) is 5. The molecule has 40 heavy (non-hydrogen) atoms. The first kappa shape index (κ1) is 27.8. The molecule has 5 aliphatic rings. The number of hydrogen-bond donors (Lipinski definition) is 4. The number of piperidine rings is 3. The van der Waals surface area contributed by atoms with Gasteiger partial charge in [0, 0.05) is 42.1 Å². The Balaban J connectivity index is 1.31. The third-order valence-electron chi connectivity index (χ3n) is 7.98. The van der Waals surface area contributed by atoms with Crippen LogP contribution in [-0.4, -0.2) is 109 Å². The lowest BCUT2D eigenvalue weighted by Gasteiger charge is -2.55. The number of quaternary nitrogens is 1. The molecule has 0 spiro atoms. The molecule has 2 bridgehead atoms. The van der Waals surface area contributed by atoms with E-state index in [0.717, 1.165) is 16.4 Å². The van der Waals surface area contributed by atoms with E-state index in [-0.39, 0.29) is 22.6 Å². The summed E-state index contributed by atoms with van der Waals surface area (Å²) in [6.45, 7) is 1.64. The van der Waals surface area contributed by atoms with E-state index in [4.69, 9.17) is 16.6 Å². The molecular weight excluding hydrogens is 568 g/mol. The number of hydrogen-bond acceptors (Lipinski definition) is 13. The van der Waals surface area contributed by atoms with Crippen molar-refractivity contribution in [3.05, 3.63) is 17.1 Å². The van der Waals surface area contributed by atoms with Crippen LogP contribution in [0.4, 0.5) is 5.13 Å². The number of fused-ring (bicyclic) bond motifs is 4. The zero-order chi connectivity index (χ0) is 28.8. The lowest BCUT2D eigenvalue weighted by Crippen LogP contribution is -2.72. The fourth-order valence-electron chi connectivity index (χ4n) is 5.75. The largest absolute Gasteiger partial charge is 0.543 e. The van der Waals surface area contributed by atoms with Gasteiger partial charge in [0.2, 0.25) is 24.1 Å². The SMILES string of the molecule is NC(=O)C12CC[N+](CC3=C(C(=O)[O-])N4C(=O)[C@@H](NC(=O)/C(=N\OCC(=O)O)c5nsc(N)n5)[C@@H]4SC3)(CC1)CC2. The summed E-state index contributed by atoms with van der Waals surface area (Å²) in [5.74, 6) is -4.59. The minimum absolute atomic E-state index is 0.0212. The van der Waals surface area contributed by atoms with Crippen LogP contribution in [0.3, 0.4) is 0 Å². The van der Waals surface area contributed by atoms with Gasteiger partial charge in [0.25, 0.3) is 11.8 Å². The van der Waals surface area contributed by atoms with Gasteiger partial charge in [0.05, 0.1) is 36.7 Å². The average molecular weight is 595 g/mol. The molecule has 4 fully saturated rings. The molecule has 6 N–H and O–H groups in total. The summed E-state index contributed by atoms with van der Waals surface area (Å²) in [6, 6.07) is -1.10. The van der Waals surface area contributed by atoms with E-state index in [1.54, 1.807) is 0 Å². The van der Waals surface area contributed by atoms with Gasteiger partial charge < -0.3 is 41.1 Å². The summed E-state index contributed by atoms with van der Waals surface area (Å²) >= 11 is 2.08. The fraction of sp³-hybridized carbons (Fsp3) is 0.545. The number of primary amides is 1. The van der Waals surface area contributed by atoms with Crippen molar-refractivity contribution in [3.8, 4) is 0 Å². The summed E-state index contributed by atoms with van der Waals surface area (Å²) in [5.41, 5.74) is 10.6. The first-order valence-electron chi connectivity index (χ1n) is 12.3. The molecular formula is C22H26N8O8S2. The molecule has 6 rings (SSSR count). The molecule has 0 radical (unpaired) electrons. The van der Waals surface area contributed by atoms with Gasteiger partial charge in [-0.15, -0.1) is 11.8 Å². The molecule has 5 aliphatic heterocycles. The first-order chi connectivity index (χ1) is 19.0. The summed E-state index contributed by atoms with van der Waals surface area (Å²) in [5, 5.41) is 26.4. The molecule has 0 unspecified atom stereocenters. The van der Waals surface area contributed by atoms with E-state index < -0.39 is 52.9 Å². The highest BCUT2D eigenvalue weighted by Crippen LogP contribution is 2.46. The molecule has 0 aliphatic carbocycles. The lowest BCUT2D eigenvalue weighted by molar-refractivity contribution is -0.940. The monoisotopic (exact) mass is 594 g/mol. The maximum absolute atomic E-state index is 13.1. The van der Waals surface area contributed by atoms with Gasteiger partial charge in [-0.1, -0.05) is 5.16 Å². The van der Waals surface area contributed by atoms with Gasteiger partial charge in [0.15, 0.2) is 5.13 Å². The number of nitrogens with two attached hydrogens (primary N) is 2. The molecule has 4 saturated heterocycles. The van der Waals surface area contributed by atoms with Gasteiger partial charge in [0.1, 0.15) is 18.0 Å². The van der Waals surface area contributed by atoms with Crippen molar-refractivity contribution in [1.29, 1.82) is 0 Å². The molecule has 6 heterocycles. The van der Waals surface area contributed by atoms with Gasteiger partial charge in [-0.05, 0) is 0 Å². The maximum Gasteiger partial charge on any atom is 0.344 e. The number of thioether (sulfide) groups is 1. The van der Waals surface area contributed by atoms with E-state index in [2.05, 4.69) is 24.7 Å². The Hall–Kier alpha value is -3.77. The van der Waals surface area contributed by atoms with Gasteiger partial charge >= 0.3 is 5.97 Å². The smallest absolute Gasteiger partial charge is 0.344 e. The van der Waals surface area contributed by atoms with Crippen LogP contribution in [0.5, 0.6) is 0 Å². The van der Waals surface area contributed by atoms with Gasteiger partial charge in [-0.3, -0.25) is 19.3 Å². The Morgan fingerprint density at radius 3 is 2.48 bits per heavy atom. The molecule has 1 aromatic rings. The Morgan fingerprint density at radius 2 is 1.93 bits per heavy atom. The molecule has 16 nitrogen and oxygen atoms in total. The Bertz CT molecular complexity index is 1340. The van der Waals surface area contributed by atoms with Crippen molar-refractivity contribution < 1.29 is 43.5 Å². The van der Waals surface area contributed by atoms with Crippen LogP contribution in [-0.2, 0) is 28.8 Å². The quantitative estimate of drug-likeness (QED) is 0.0906. The van der Waals surface area contributed by atoms with Crippen LogP contribution in [0, 0.1) is 5.41 Å². The third kappa shape index (κ3) is 4.86. The Kier molecular flexibility index (Phi) is 7.17. The zero-order valence-electron chi connectivity index (χ0n) is 21.0. The number of rotatable bonds is 10. The van der Waals surface area contributed by atoms with Crippen molar-refractivity contribution in [3.63, 3.8) is 0 Å². The molecule has 2 atom stereocenters. The Labute approximate surface area is 235 Å². The van der Waals surface area contributed by atoms with Crippen LogP contribution in [0.2, 0.25) is 0 Å².